The van der Waals surface area contributed by atoms with Crippen LogP contribution in [0.2, 0.25) is 0 Å². The standard InChI is InChI=1S/C22H27BN4O/c1-16-14-17(2)25-21(24-16)26-12-9-22(10-13-26)8-5-11-27(20(22)28)15-18-6-3-4-7-19(18)23/h3-4,6-7,14H,5,8-13,15H2,1-2H3. The first-order chi connectivity index (χ1) is 13.5. The Kier molecular flexibility index (Phi) is 5.13. The zero-order valence-electron chi connectivity index (χ0n) is 16.8. The van der Waals surface area contributed by atoms with Crippen LogP contribution in [0.25, 0.3) is 0 Å². The van der Waals surface area contributed by atoms with Gasteiger partial charge < -0.3 is 9.80 Å². The molecule has 0 saturated carbocycles. The lowest BCUT2D eigenvalue weighted by molar-refractivity contribution is -0.148. The predicted molar refractivity (Wildman–Crippen MR) is 112 cm³/mol. The molecule has 5 nitrogen and oxygen atoms in total. The van der Waals surface area contributed by atoms with Crippen LogP contribution in [0.4, 0.5) is 5.95 Å². The third-order valence-electron chi connectivity index (χ3n) is 6.21. The van der Waals surface area contributed by atoms with Crippen molar-refractivity contribution in [3.05, 3.63) is 47.3 Å². The molecule has 0 N–H and O–H groups in total. The number of anilines is 1. The number of hydrogen-bond acceptors (Lipinski definition) is 4. The second kappa shape index (κ2) is 7.57. The van der Waals surface area contributed by atoms with Crippen molar-refractivity contribution in [2.75, 3.05) is 24.5 Å². The normalized spacial score (nSPS) is 19.3. The summed E-state index contributed by atoms with van der Waals surface area (Å²) in [4.78, 5) is 26.8. The molecule has 2 aliphatic rings. The van der Waals surface area contributed by atoms with E-state index in [2.05, 4.69) is 14.9 Å². The second-order valence-electron chi connectivity index (χ2n) is 8.25. The Labute approximate surface area is 168 Å². The lowest BCUT2D eigenvalue weighted by atomic mass is 9.71. The number of carbonyl (C=O) groups excluding carboxylic acids is 1. The molecule has 28 heavy (non-hydrogen) atoms. The van der Waals surface area contributed by atoms with E-state index in [1.807, 2.05) is 49.1 Å². The van der Waals surface area contributed by atoms with Gasteiger partial charge in [-0.15, -0.1) is 0 Å². The number of likely N-dealkylation sites (tertiary alicyclic amines) is 1. The highest BCUT2D eigenvalue weighted by Crippen LogP contribution is 2.41. The van der Waals surface area contributed by atoms with Crippen molar-refractivity contribution in [3.8, 4) is 0 Å². The van der Waals surface area contributed by atoms with E-state index in [9.17, 15) is 4.79 Å². The van der Waals surface area contributed by atoms with Gasteiger partial charge in [0.1, 0.15) is 7.85 Å². The number of hydrogen-bond donors (Lipinski definition) is 0. The summed E-state index contributed by atoms with van der Waals surface area (Å²) >= 11 is 0. The minimum absolute atomic E-state index is 0.239. The van der Waals surface area contributed by atoms with Gasteiger partial charge in [-0.05, 0) is 51.2 Å². The topological polar surface area (TPSA) is 49.3 Å². The van der Waals surface area contributed by atoms with Gasteiger partial charge >= 0.3 is 0 Å². The van der Waals surface area contributed by atoms with E-state index in [4.69, 9.17) is 7.85 Å². The molecule has 0 aliphatic carbocycles. The molecule has 3 heterocycles. The first kappa shape index (κ1) is 19.0. The summed E-state index contributed by atoms with van der Waals surface area (Å²) in [6, 6.07) is 9.83. The maximum Gasteiger partial charge on any atom is 0.229 e. The van der Waals surface area contributed by atoms with E-state index in [-0.39, 0.29) is 5.41 Å². The average Bonchev–Trinajstić information content (AvgIpc) is 2.67. The third-order valence-corrected chi connectivity index (χ3v) is 6.21. The van der Waals surface area contributed by atoms with E-state index in [0.29, 0.717) is 12.5 Å². The summed E-state index contributed by atoms with van der Waals surface area (Å²) in [5.41, 5.74) is 3.54. The van der Waals surface area contributed by atoms with Crippen molar-refractivity contribution in [2.24, 2.45) is 5.41 Å². The van der Waals surface area contributed by atoms with Gasteiger partial charge in [-0.25, -0.2) is 9.97 Å². The average molecular weight is 374 g/mol. The molecule has 2 aromatic rings. The largest absolute Gasteiger partial charge is 0.341 e. The number of carbonyl (C=O) groups is 1. The maximum atomic E-state index is 13.4. The Morgan fingerprint density at radius 3 is 2.39 bits per heavy atom. The van der Waals surface area contributed by atoms with Crippen LogP contribution in [-0.2, 0) is 11.3 Å². The molecule has 0 atom stereocenters. The smallest absolute Gasteiger partial charge is 0.229 e. The number of aryl methyl sites for hydroxylation is 2. The predicted octanol–water partition coefficient (Wildman–Crippen LogP) is 2.30. The van der Waals surface area contributed by atoms with Crippen LogP contribution in [0.15, 0.2) is 30.3 Å². The fourth-order valence-electron chi connectivity index (χ4n) is 4.63. The lowest BCUT2D eigenvalue weighted by Gasteiger charge is -2.46. The van der Waals surface area contributed by atoms with E-state index in [1.165, 1.54) is 0 Å². The van der Waals surface area contributed by atoms with Gasteiger partial charge in [-0.3, -0.25) is 4.79 Å². The molecule has 4 rings (SSSR count). The van der Waals surface area contributed by atoms with Crippen LogP contribution in [0.3, 0.4) is 0 Å². The molecule has 2 fully saturated rings. The quantitative estimate of drug-likeness (QED) is 0.774. The Morgan fingerprint density at radius 1 is 1.04 bits per heavy atom. The van der Waals surface area contributed by atoms with Crippen molar-refractivity contribution >= 4 is 25.2 Å². The molecule has 1 aromatic carbocycles. The Morgan fingerprint density at radius 2 is 1.71 bits per heavy atom. The van der Waals surface area contributed by atoms with E-state index in [0.717, 1.165) is 73.7 Å². The number of benzene rings is 1. The highest BCUT2D eigenvalue weighted by molar-refractivity contribution is 6.33. The van der Waals surface area contributed by atoms with Crippen molar-refractivity contribution in [1.29, 1.82) is 0 Å². The van der Waals surface area contributed by atoms with Crippen molar-refractivity contribution in [3.63, 3.8) is 0 Å². The number of rotatable bonds is 3. The molecule has 0 bridgehead atoms. The minimum Gasteiger partial charge on any atom is -0.341 e. The molecule has 1 spiro atoms. The van der Waals surface area contributed by atoms with Crippen LogP contribution in [0.1, 0.15) is 42.6 Å². The van der Waals surface area contributed by atoms with Crippen LogP contribution < -0.4 is 10.4 Å². The van der Waals surface area contributed by atoms with Gasteiger partial charge in [0.25, 0.3) is 0 Å². The Balaban J connectivity index is 1.46. The summed E-state index contributed by atoms with van der Waals surface area (Å²) in [5.74, 6) is 1.09. The lowest BCUT2D eigenvalue weighted by Crippen LogP contribution is -2.53. The molecule has 1 aromatic heterocycles. The van der Waals surface area contributed by atoms with Crippen molar-refractivity contribution < 1.29 is 4.79 Å². The van der Waals surface area contributed by atoms with Gasteiger partial charge in [-0.1, -0.05) is 29.7 Å². The third kappa shape index (κ3) is 3.65. The molecular weight excluding hydrogens is 347 g/mol. The molecule has 1 amide bonds. The summed E-state index contributed by atoms with van der Waals surface area (Å²) in [7, 11) is 6.10. The van der Waals surface area contributed by atoms with Gasteiger partial charge in [-0.2, -0.15) is 0 Å². The fourth-order valence-corrected chi connectivity index (χ4v) is 4.63. The van der Waals surface area contributed by atoms with Gasteiger partial charge in [0.2, 0.25) is 11.9 Å². The Hall–Kier alpha value is -2.37. The second-order valence-corrected chi connectivity index (χ2v) is 8.25. The Bertz CT molecular complexity index is 856. The van der Waals surface area contributed by atoms with Crippen molar-refractivity contribution in [2.45, 2.75) is 46.1 Å². The molecule has 6 heteroatoms. The van der Waals surface area contributed by atoms with Crippen molar-refractivity contribution in [1.82, 2.24) is 14.9 Å². The number of amides is 1. The van der Waals surface area contributed by atoms with Crippen LogP contribution in [0.5, 0.6) is 0 Å². The first-order valence-corrected chi connectivity index (χ1v) is 10.2. The fraction of sp³-hybridized carbons (Fsp3) is 0.500. The molecule has 0 unspecified atom stereocenters. The monoisotopic (exact) mass is 374 g/mol. The first-order valence-electron chi connectivity index (χ1n) is 10.2. The molecule has 2 saturated heterocycles. The van der Waals surface area contributed by atoms with Crippen LogP contribution in [-0.4, -0.2) is 48.3 Å². The summed E-state index contributed by atoms with van der Waals surface area (Å²) < 4.78 is 0. The number of aromatic nitrogens is 2. The summed E-state index contributed by atoms with van der Waals surface area (Å²) in [6.45, 7) is 7.09. The zero-order valence-corrected chi connectivity index (χ0v) is 16.8. The minimum atomic E-state index is -0.239. The van der Waals surface area contributed by atoms with E-state index < -0.39 is 0 Å². The molecule has 2 aliphatic heterocycles. The summed E-state index contributed by atoms with van der Waals surface area (Å²) in [6.07, 6.45) is 3.76. The SMILES string of the molecule is [B]c1ccccc1CN1CCCC2(CCN(c3nc(C)cc(C)n3)CC2)C1=O. The number of piperidine rings is 2. The molecular formula is C22H27BN4O. The highest BCUT2D eigenvalue weighted by atomic mass is 16.2. The molecule has 2 radical (unpaired) electrons. The summed E-state index contributed by atoms with van der Waals surface area (Å²) in [5, 5.41) is 0. The van der Waals surface area contributed by atoms with Gasteiger partial charge in [0, 0.05) is 37.6 Å². The molecule has 144 valence electrons. The zero-order chi connectivity index (χ0) is 19.7. The maximum absolute atomic E-state index is 13.4. The highest BCUT2D eigenvalue weighted by Gasteiger charge is 2.45. The number of nitrogens with zero attached hydrogens (tertiary/aromatic N) is 4. The van der Waals surface area contributed by atoms with Gasteiger partial charge in [0.15, 0.2) is 0 Å². The van der Waals surface area contributed by atoms with E-state index in [1.54, 1.807) is 0 Å². The van der Waals surface area contributed by atoms with Crippen LogP contribution >= 0.6 is 0 Å². The van der Waals surface area contributed by atoms with E-state index >= 15 is 0 Å². The van der Waals surface area contributed by atoms with Crippen LogP contribution in [0, 0.1) is 19.3 Å². The van der Waals surface area contributed by atoms with Gasteiger partial charge in [0.05, 0.1) is 5.41 Å².